The van der Waals surface area contributed by atoms with E-state index >= 15 is 0 Å². The van der Waals surface area contributed by atoms with Gasteiger partial charge in [-0.3, -0.25) is 9.59 Å². The van der Waals surface area contributed by atoms with Crippen LogP contribution in [0.3, 0.4) is 0 Å². The highest BCUT2D eigenvalue weighted by Crippen LogP contribution is 2.24. The van der Waals surface area contributed by atoms with Crippen LogP contribution in [-0.2, 0) is 9.59 Å². The Labute approximate surface area is 162 Å². The lowest BCUT2D eigenvalue weighted by atomic mass is 10.1. The lowest BCUT2D eigenvalue weighted by Crippen LogP contribution is -2.27. The van der Waals surface area contributed by atoms with Crippen molar-refractivity contribution in [2.45, 2.75) is 13.0 Å². The molecule has 28 heavy (non-hydrogen) atoms. The van der Waals surface area contributed by atoms with Gasteiger partial charge in [-0.1, -0.05) is 36.4 Å². The molecule has 0 saturated carbocycles. The summed E-state index contributed by atoms with van der Waals surface area (Å²) in [5.74, 6) is -0.834. The molecule has 3 rings (SSSR count). The van der Waals surface area contributed by atoms with Crippen LogP contribution in [-0.4, -0.2) is 11.8 Å². The third-order valence-corrected chi connectivity index (χ3v) is 4.00. The van der Waals surface area contributed by atoms with Gasteiger partial charge < -0.3 is 16.0 Å². The van der Waals surface area contributed by atoms with Crippen molar-refractivity contribution in [3.63, 3.8) is 0 Å². The number of anilines is 3. The fraction of sp³-hybridized carbons (Fsp3) is 0.0909. The molecule has 6 heteroatoms. The molecule has 3 aromatic carbocycles. The van der Waals surface area contributed by atoms with Gasteiger partial charge in [-0.25, -0.2) is 4.39 Å². The predicted molar refractivity (Wildman–Crippen MR) is 109 cm³/mol. The summed E-state index contributed by atoms with van der Waals surface area (Å²) in [4.78, 5) is 24.2. The molecule has 3 N–H and O–H groups in total. The topological polar surface area (TPSA) is 70.2 Å². The van der Waals surface area contributed by atoms with Gasteiger partial charge in [-0.2, -0.15) is 0 Å². The van der Waals surface area contributed by atoms with Crippen molar-refractivity contribution in [2.75, 3.05) is 16.0 Å². The third-order valence-electron chi connectivity index (χ3n) is 4.00. The molecule has 0 bridgehead atoms. The number of carbonyl (C=O) groups is 2. The van der Waals surface area contributed by atoms with Gasteiger partial charge in [-0.15, -0.1) is 0 Å². The van der Waals surface area contributed by atoms with Crippen LogP contribution in [0.15, 0.2) is 78.9 Å². The van der Waals surface area contributed by atoms with Crippen molar-refractivity contribution in [1.29, 1.82) is 0 Å². The van der Waals surface area contributed by atoms with Crippen LogP contribution < -0.4 is 16.0 Å². The average Bonchev–Trinajstić information content (AvgIpc) is 2.68. The second-order valence-corrected chi connectivity index (χ2v) is 6.25. The molecule has 0 spiro atoms. The SMILES string of the molecule is CC(=O)Nc1cccc(N[C@H](C(=O)Nc2ccc(F)cc2)c2ccccc2)c1. The first-order valence-corrected chi connectivity index (χ1v) is 8.77. The van der Waals surface area contributed by atoms with Gasteiger partial charge in [-0.05, 0) is 48.0 Å². The molecule has 0 unspecified atom stereocenters. The van der Waals surface area contributed by atoms with E-state index in [0.29, 0.717) is 17.1 Å². The highest BCUT2D eigenvalue weighted by molar-refractivity contribution is 5.97. The summed E-state index contributed by atoms with van der Waals surface area (Å²) in [5, 5.41) is 8.72. The smallest absolute Gasteiger partial charge is 0.251 e. The van der Waals surface area contributed by atoms with E-state index in [0.717, 1.165) is 5.56 Å². The maximum Gasteiger partial charge on any atom is 0.251 e. The largest absolute Gasteiger partial charge is 0.370 e. The second-order valence-electron chi connectivity index (χ2n) is 6.25. The molecule has 0 aliphatic carbocycles. The van der Waals surface area contributed by atoms with E-state index in [-0.39, 0.29) is 17.6 Å². The van der Waals surface area contributed by atoms with Gasteiger partial charge in [0.05, 0.1) is 0 Å². The van der Waals surface area contributed by atoms with E-state index in [1.54, 1.807) is 18.2 Å². The van der Waals surface area contributed by atoms with E-state index in [2.05, 4.69) is 16.0 Å². The van der Waals surface area contributed by atoms with E-state index < -0.39 is 6.04 Å². The van der Waals surface area contributed by atoms with Crippen molar-refractivity contribution >= 4 is 28.9 Å². The lowest BCUT2D eigenvalue weighted by molar-refractivity contribution is -0.117. The quantitative estimate of drug-likeness (QED) is 0.589. The number of halogens is 1. The Hall–Kier alpha value is -3.67. The molecule has 0 aliphatic rings. The summed E-state index contributed by atoms with van der Waals surface area (Å²) in [6.07, 6.45) is 0. The number of carbonyl (C=O) groups excluding carboxylic acids is 2. The molecule has 2 amide bonds. The molecule has 142 valence electrons. The monoisotopic (exact) mass is 377 g/mol. The lowest BCUT2D eigenvalue weighted by Gasteiger charge is -2.20. The summed E-state index contributed by atoms with van der Waals surface area (Å²) < 4.78 is 13.1. The minimum Gasteiger partial charge on any atom is -0.370 e. The van der Waals surface area contributed by atoms with E-state index in [9.17, 15) is 14.0 Å². The Balaban J connectivity index is 1.84. The highest BCUT2D eigenvalue weighted by atomic mass is 19.1. The van der Waals surface area contributed by atoms with Gasteiger partial charge in [0, 0.05) is 24.0 Å². The second kappa shape index (κ2) is 8.81. The molecule has 5 nitrogen and oxygen atoms in total. The molecule has 0 aromatic heterocycles. The molecule has 0 aliphatic heterocycles. The zero-order valence-corrected chi connectivity index (χ0v) is 15.3. The van der Waals surface area contributed by atoms with Gasteiger partial charge in [0.25, 0.3) is 5.91 Å². The summed E-state index contributed by atoms with van der Waals surface area (Å²) in [5.41, 5.74) is 2.57. The van der Waals surface area contributed by atoms with Crippen LogP contribution in [0, 0.1) is 5.82 Å². The van der Waals surface area contributed by atoms with Crippen LogP contribution in [0.5, 0.6) is 0 Å². The number of hydrogen-bond acceptors (Lipinski definition) is 3. The van der Waals surface area contributed by atoms with Crippen molar-refractivity contribution in [3.05, 3.63) is 90.2 Å². The Bertz CT molecular complexity index is 959. The van der Waals surface area contributed by atoms with Crippen molar-refractivity contribution in [1.82, 2.24) is 0 Å². The van der Waals surface area contributed by atoms with Crippen LogP contribution >= 0.6 is 0 Å². The van der Waals surface area contributed by atoms with Gasteiger partial charge in [0.2, 0.25) is 5.91 Å². The molecular weight excluding hydrogens is 357 g/mol. The predicted octanol–water partition coefficient (Wildman–Crippen LogP) is 4.58. The van der Waals surface area contributed by atoms with E-state index in [1.165, 1.54) is 31.2 Å². The van der Waals surface area contributed by atoms with Crippen molar-refractivity contribution < 1.29 is 14.0 Å². The van der Waals surface area contributed by atoms with Crippen molar-refractivity contribution in [3.8, 4) is 0 Å². The maximum absolute atomic E-state index is 13.1. The molecule has 1 atom stereocenters. The zero-order chi connectivity index (χ0) is 19.9. The van der Waals surface area contributed by atoms with Gasteiger partial charge in [0.15, 0.2) is 0 Å². The van der Waals surface area contributed by atoms with E-state index in [4.69, 9.17) is 0 Å². The Morgan fingerprint density at radius 1 is 0.786 bits per heavy atom. The van der Waals surface area contributed by atoms with Crippen molar-refractivity contribution in [2.24, 2.45) is 0 Å². The minimum atomic E-state index is -0.682. The minimum absolute atomic E-state index is 0.175. The molecular formula is C22H20FN3O2. The molecule has 0 saturated heterocycles. The first kappa shape index (κ1) is 19.1. The number of benzene rings is 3. The number of amides is 2. The fourth-order valence-corrected chi connectivity index (χ4v) is 2.75. The number of nitrogens with one attached hydrogen (secondary N) is 3. The summed E-state index contributed by atoms with van der Waals surface area (Å²) in [6.45, 7) is 1.43. The van der Waals surface area contributed by atoms with Gasteiger partial charge in [0.1, 0.15) is 11.9 Å². The molecule has 3 aromatic rings. The molecule has 0 heterocycles. The number of rotatable bonds is 6. The Morgan fingerprint density at radius 2 is 1.46 bits per heavy atom. The molecule has 0 radical (unpaired) electrons. The first-order chi connectivity index (χ1) is 13.5. The normalized spacial score (nSPS) is 11.4. The average molecular weight is 377 g/mol. The van der Waals surface area contributed by atoms with Gasteiger partial charge >= 0.3 is 0 Å². The van der Waals surface area contributed by atoms with Crippen LogP contribution in [0.1, 0.15) is 18.5 Å². The van der Waals surface area contributed by atoms with Crippen LogP contribution in [0.2, 0.25) is 0 Å². The Morgan fingerprint density at radius 3 is 2.14 bits per heavy atom. The fourth-order valence-electron chi connectivity index (χ4n) is 2.75. The van der Waals surface area contributed by atoms with Crippen LogP contribution in [0.25, 0.3) is 0 Å². The standard InChI is InChI=1S/C22H20FN3O2/c1-15(27)24-19-8-5-9-20(14-19)25-21(16-6-3-2-4-7-16)22(28)26-18-12-10-17(23)11-13-18/h2-14,21,25H,1H3,(H,24,27)(H,26,28)/t21-/m0/s1. The Kier molecular flexibility index (Phi) is 6.01. The first-order valence-electron chi connectivity index (χ1n) is 8.77. The van der Waals surface area contributed by atoms with E-state index in [1.807, 2.05) is 36.4 Å². The summed E-state index contributed by atoms with van der Waals surface area (Å²) in [6, 6.07) is 21.3. The summed E-state index contributed by atoms with van der Waals surface area (Å²) >= 11 is 0. The molecule has 0 fully saturated rings. The maximum atomic E-state index is 13.1. The van der Waals surface area contributed by atoms with Crippen LogP contribution in [0.4, 0.5) is 21.5 Å². The number of hydrogen-bond donors (Lipinski definition) is 3. The highest BCUT2D eigenvalue weighted by Gasteiger charge is 2.21. The summed E-state index contributed by atoms with van der Waals surface area (Å²) in [7, 11) is 0. The third kappa shape index (κ3) is 5.17. The zero-order valence-electron chi connectivity index (χ0n) is 15.3.